The molecule has 0 unspecified atom stereocenters. The molecule has 0 radical (unpaired) electrons. The minimum atomic E-state index is -0.442. The zero-order valence-corrected chi connectivity index (χ0v) is 15.4. The number of fused-ring (bicyclic) bond motifs is 2. The van der Waals surface area contributed by atoms with E-state index in [1.807, 2.05) is 25.1 Å². The van der Waals surface area contributed by atoms with Gasteiger partial charge < -0.3 is 14.5 Å². The number of aromatic amines is 1. The molecule has 0 spiro atoms. The van der Waals surface area contributed by atoms with E-state index in [9.17, 15) is 14.9 Å². The first-order valence-corrected chi connectivity index (χ1v) is 8.83. The van der Waals surface area contributed by atoms with Crippen molar-refractivity contribution in [1.82, 2.24) is 4.98 Å². The van der Waals surface area contributed by atoms with Crippen LogP contribution in [-0.4, -0.2) is 28.9 Å². The number of hydrogen-bond acceptors (Lipinski definition) is 5. The number of aromatic nitrogens is 1. The van der Waals surface area contributed by atoms with Crippen LogP contribution in [0.2, 0.25) is 0 Å². The van der Waals surface area contributed by atoms with Crippen LogP contribution in [0.3, 0.4) is 0 Å². The van der Waals surface area contributed by atoms with E-state index in [-0.39, 0.29) is 11.5 Å². The molecule has 28 heavy (non-hydrogen) atoms. The molecule has 0 fully saturated rings. The topological polar surface area (TPSA) is 94.5 Å². The van der Waals surface area contributed by atoms with E-state index in [0.717, 1.165) is 16.5 Å². The summed E-state index contributed by atoms with van der Waals surface area (Å²) < 4.78 is 11.1. The number of aryl methyl sites for hydroxylation is 1. The average Bonchev–Trinajstić information content (AvgIpc) is 3.02. The van der Waals surface area contributed by atoms with Crippen molar-refractivity contribution < 1.29 is 19.2 Å². The van der Waals surface area contributed by atoms with Gasteiger partial charge in [-0.25, -0.2) is 0 Å². The fourth-order valence-corrected chi connectivity index (χ4v) is 3.35. The molecule has 0 amide bonds. The summed E-state index contributed by atoms with van der Waals surface area (Å²) in [4.78, 5) is 26.1. The number of benzene rings is 2. The van der Waals surface area contributed by atoms with E-state index in [0.29, 0.717) is 41.5 Å². The molecule has 7 nitrogen and oxygen atoms in total. The van der Waals surface area contributed by atoms with Crippen LogP contribution in [0.5, 0.6) is 11.5 Å². The fourth-order valence-electron chi connectivity index (χ4n) is 3.35. The van der Waals surface area contributed by atoms with Crippen molar-refractivity contribution >= 4 is 28.4 Å². The van der Waals surface area contributed by atoms with Crippen LogP contribution in [0.25, 0.3) is 28.2 Å². The van der Waals surface area contributed by atoms with Gasteiger partial charge in [-0.2, -0.15) is 0 Å². The molecule has 2 aromatic carbocycles. The number of ether oxygens (including phenoxy) is 2. The molecule has 0 saturated carbocycles. The highest BCUT2D eigenvalue weighted by atomic mass is 16.6. The van der Waals surface area contributed by atoms with Crippen LogP contribution in [0, 0.1) is 17.0 Å². The van der Waals surface area contributed by atoms with E-state index in [4.69, 9.17) is 9.47 Å². The maximum Gasteiger partial charge on any atom is 0.282 e. The number of nitro benzene ring substituents is 1. The van der Waals surface area contributed by atoms with Crippen molar-refractivity contribution in [2.45, 2.75) is 13.8 Å². The van der Waals surface area contributed by atoms with Gasteiger partial charge in [-0.05, 0) is 37.6 Å². The van der Waals surface area contributed by atoms with Crippen LogP contribution in [0.4, 0.5) is 5.69 Å². The Morgan fingerprint density at radius 3 is 2.57 bits per heavy atom. The Hall–Kier alpha value is -3.61. The predicted octanol–water partition coefficient (Wildman–Crippen LogP) is 4.42. The molecule has 1 aliphatic rings. The highest BCUT2D eigenvalue weighted by molar-refractivity contribution is 6.02. The average molecular weight is 378 g/mol. The first-order chi connectivity index (χ1) is 13.4. The fraction of sp³-hybridized carbons (Fsp3) is 0.190. The summed E-state index contributed by atoms with van der Waals surface area (Å²) in [6.07, 6.45) is 3.14. The molecular weight excluding hydrogens is 360 g/mol. The third kappa shape index (κ3) is 3.11. The smallest absolute Gasteiger partial charge is 0.282 e. The van der Waals surface area contributed by atoms with Crippen LogP contribution in [0.15, 0.2) is 36.4 Å². The van der Waals surface area contributed by atoms with Crippen molar-refractivity contribution in [3.05, 3.63) is 57.6 Å². The molecule has 1 aliphatic heterocycles. The standard InChI is InChI=1S/C21H18N2O5/c1-12-3-5-14-15(6-4-13(2)24)21(22-17(14)9-12)16-10-19-20(28-8-7-27-19)11-18(16)23(25)26/h3-6,9-11,22H,7-8H2,1-2H3/b6-4+. The van der Waals surface area contributed by atoms with Gasteiger partial charge in [-0.3, -0.25) is 14.9 Å². The number of nitro groups is 1. The van der Waals surface area contributed by atoms with E-state index in [2.05, 4.69) is 4.98 Å². The molecule has 3 aromatic rings. The second-order valence-corrected chi connectivity index (χ2v) is 6.68. The number of carbonyl (C=O) groups is 1. The summed E-state index contributed by atoms with van der Waals surface area (Å²) in [7, 11) is 0. The van der Waals surface area contributed by atoms with Gasteiger partial charge in [-0.1, -0.05) is 12.1 Å². The lowest BCUT2D eigenvalue weighted by Crippen LogP contribution is -2.15. The van der Waals surface area contributed by atoms with Crippen LogP contribution < -0.4 is 9.47 Å². The number of nitrogens with zero attached hydrogens (tertiary/aromatic N) is 1. The minimum absolute atomic E-state index is 0.0926. The Labute approximate surface area is 160 Å². The maximum absolute atomic E-state index is 11.8. The number of hydrogen-bond donors (Lipinski definition) is 1. The molecule has 0 atom stereocenters. The summed E-state index contributed by atoms with van der Waals surface area (Å²) in [5, 5.41) is 12.6. The van der Waals surface area contributed by atoms with Crippen molar-refractivity contribution in [3.63, 3.8) is 0 Å². The van der Waals surface area contributed by atoms with E-state index < -0.39 is 4.92 Å². The summed E-state index contributed by atoms with van der Waals surface area (Å²) >= 11 is 0. The van der Waals surface area contributed by atoms with Gasteiger partial charge in [0.25, 0.3) is 5.69 Å². The molecule has 1 N–H and O–H groups in total. The molecule has 0 bridgehead atoms. The summed E-state index contributed by atoms with van der Waals surface area (Å²) in [6.45, 7) is 4.16. The minimum Gasteiger partial charge on any atom is -0.486 e. The summed E-state index contributed by atoms with van der Waals surface area (Å²) in [5.74, 6) is 0.710. The van der Waals surface area contributed by atoms with Crippen molar-refractivity contribution in [1.29, 1.82) is 0 Å². The zero-order chi connectivity index (χ0) is 19.8. The molecule has 142 valence electrons. The first-order valence-electron chi connectivity index (χ1n) is 8.83. The number of allylic oxidation sites excluding steroid dienone is 1. The highest BCUT2D eigenvalue weighted by Gasteiger charge is 2.26. The predicted molar refractivity (Wildman–Crippen MR) is 106 cm³/mol. The summed E-state index contributed by atoms with van der Waals surface area (Å²) in [5.41, 5.74) is 3.45. The largest absolute Gasteiger partial charge is 0.486 e. The lowest BCUT2D eigenvalue weighted by Gasteiger charge is -2.19. The number of carbonyl (C=O) groups excluding carboxylic acids is 1. The maximum atomic E-state index is 11.8. The first kappa shape index (κ1) is 17.8. The van der Waals surface area contributed by atoms with Gasteiger partial charge >= 0.3 is 0 Å². The third-order valence-electron chi connectivity index (χ3n) is 4.61. The van der Waals surface area contributed by atoms with Crippen LogP contribution in [0.1, 0.15) is 18.1 Å². The third-order valence-corrected chi connectivity index (χ3v) is 4.61. The second-order valence-electron chi connectivity index (χ2n) is 6.68. The molecule has 1 aromatic heterocycles. The lowest BCUT2D eigenvalue weighted by atomic mass is 10.0. The number of ketones is 1. The van der Waals surface area contributed by atoms with Crippen LogP contribution in [-0.2, 0) is 4.79 Å². The molecule has 4 rings (SSSR count). The SMILES string of the molecule is CC(=O)/C=C/c1c(-c2cc3c(cc2[N+](=O)[O-])OCCO3)[nH]c2cc(C)ccc12. The van der Waals surface area contributed by atoms with Gasteiger partial charge in [0.2, 0.25) is 0 Å². The number of H-pyrrole nitrogens is 1. The van der Waals surface area contributed by atoms with Gasteiger partial charge in [0.1, 0.15) is 13.2 Å². The van der Waals surface area contributed by atoms with Crippen molar-refractivity contribution in [3.8, 4) is 22.8 Å². The number of nitrogens with one attached hydrogen (secondary N) is 1. The van der Waals surface area contributed by atoms with Crippen molar-refractivity contribution in [2.75, 3.05) is 13.2 Å². The van der Waals surface area contributed by atoms with Gasteiger partial charge in [0.15, 0.2) is 17.3 Å². The van der Waals surface area contributed by atoms with Crippen molar-refractivity contribution in [2.24, 2.45) is 0 Å². The van der Waals surface area contributed by atoms with Gasteiger partial charge in [0, 0.05) is 22.5 Å². The normalized spacial score (nSPS) is 13.2. The Balaban J connectivity index is 2.01. The lowest BCUT2D eigenvalue weighted by molar-refractivity contribution is -0.384. The van der Waals surface area contributed by atoms with Crippen LogP contribution >= 0.6 is 0 Å². The Bertz CT molecular complexity index is 1140. The molecule has 0 aliphatic carbocycles. The quantitative estimate of drug-likeness (QED) is 0.412. The monoisotopic (exact) mass is 378 g/mol. The Morgan fingerprint density at radius 2 is 1.89 bits per heavy atom. The van der Waals surface area contributed by atoms with Gasteiger partial charge in [0.05, 0.1) is 22.2 Å². The molecule has 7 heteroatoms. The second kappa shape index (κ2) is 6.84. The zero-order valence-electron chi connectivity index (χ0n) is 15.4. The molecule has 0 saturated heterocycles. The van der Waals surface area contributed by atoms with E-state index in [1.54, 1.807) is 12.1 Å². The molecular formula is C21H18N2O5. The Morgan fingerprint density at radius 1 is 1.18 bits per heavy atom. The van der Waals surface area contributed by atoms with E-state index in [1.165, 1.54) is 19.1 Å². The number of rotatable bonds is 4. The van der Waals surface area contributed by atoms with Gasteiger partial charge in [-0.15, -0.1) is 0 Å². The van der Waals surface area contributed by atoms with E-state index >= 15 is 0 Å². The molecule has 2 heterocycles. The highest BCUT2D eigenvalue weighted by Crippen LogP contribution is 2.43. The Kier molecular flexibility index (Phi) is 4.35. The summed E-state index contributed by atoms with van der Waals surface area (Å²) in [6, 6.07) is 8.87.